The van der Waals surface area contributed by atoms with Gasteiger partial charge in [0.15, 0.2) is 0 Å². The molecule has 0 amide bonds. The molecule has 3 rings (SSSR count). The van der Waals surface area contributed by atoms with Gasteiger partial charge in [0.2, 0.25) is 0 Å². The lowest BCUT2D eigenvalue weighted by Gasteiger charge is -2.14. The van der Waals surface area contributed by atoms with Crippen molar-refractivity contribution in [2.45, 2.75) is 28.5 Å². The van der Waals surface area contributed by atoms with Crippen LogP contribution in [0.25, 0.3) is 0 Å². The van der Waals surface area contributed by atoms with E-state index in [2.05, 4.69) is 4.72 Å². The Morgan fingerprint density at radius 3 is 2.35 bits per heavy atom. The minimum absolute atomic E-state index is 0.295. The van der Waals surface area contributed by atoms with Gasteiger partial charge in [0.1, 0.15) is 0 Å². The maximum absolute atomic E-state index is 12.9. The molecule has 3 aromatic rings. The van der Waals surface area contributed by atoms with Crippen molar-refractivity contribution < 1.29 is 8.42 Å². The number of benzene rings is 3. The molecule has 0 radical (unpaired) electrons. The zero-order valence-electron chi connectivity index (χ0n) is 14.4. The minimum atomic E-state index is -3.67. The van der Waals surface area contributed by atoms with Crippen molar-refractivity contribution in [3.63, 3.8) is 0 Å². The number of aryl methyl sites for hydroxylation is 2. The molecule has 0 bridgehead atoms. The van der Waals surface area contributed by atoms with Crippen molar-refractivity contribution in [1.82, 2.24) is 0 Å². The zero-order chi connectivity index (χ0) is 18.7. The number of nitrogens with one attached hydrogen (secondary N) is 1. The van der Waals surface area contributed by atoms with Gasteiger partial charge in [0, 0.05) is 14.8 Å². The van der Waals surface area contributed by atoms with Crippen molar-refractivity contribution in [2.75, 3.05) is 4.72 Å². The van der Waals surface area contributed by atoms with Crippen LogP contribution in [0.5, 0.6) is 0 Å². The first-order valence-electron chi connectivity index (χ1n) is 7.98. The quantitative estimate of drug-likeness (QED) is 0.576. The van der Waals surface area contributed by atoms with Crippen LogP contribution in [0.3, 0.4) is 0 Å². The molecular formula is C20H18ClNO2S2. The van der Waals surface area contributed by atoms with E-state index in [4.69, 9.17) is 11.6 Å². The summed E-state index contributed by atoms with van der Waals surface area (Å²) in [4.78, 5) is 2.10. The SMILES string of the molecule is Cc1ccc(C)c(S(=O)(=O)Nc2ccccc2Sc2ccc(Cl)cc2)c1. The molecule has 26 heavy (non-hydrogen) atoms. The van der Waals surface area contributed by atoms with Gasteiger partial charge in [0.05, 0.1) is 10.6 Å². The minimum Gasteiger partial charge on any atom is -0.278 e. The Hall–Kier alpha value is -1.95. The molecule has 0 saturated heterocycles. The molecule has 0 saturated carbocycles. The van der Waals surface area contributed by atoms with Gasteiger partial charge in [0.25, 0.3) is 10.0 Å². The Labute approximate surface area is 163 Å². The third-order valence-electron chi connectivity index (χ3n) is 3.81. The molecule has 0 aliphatic heterocycles. The summed E-state index contributed by atoms with van der Waals surface area (Å²) in [6.07, 6.45) is 0. The van der Waals surface area contributed by atoms with Crippen LogP contribution in [0.15, 0.2) is 81.4 Å². The zero-order valence-corrected chi connectivity index (χ0v) is 16.8. The molecule has 6 heteroatoms. The van der Waals surface area contributed by atoms with Crippen molar-refractivity contribution >= 4 is 39.1 Å². The summed E-state index contributed by atoms with van der Waals surface area (Å²) in [6.45, 7) is 3.67. The summed E-state index contributed by atoms with van der Waals surface area (Å²) < 4.78 is 28.5. The normalized spacial score (nSPS) is 11.3. The first-order chi connectivity index (χ1) is 12.3. The summed E-state index contributed by atoms with van der Waals surface area (Å²) >= 11 is 7.41. The highest BCUT2D eigenvalue weighted by atomic mass is 35.5. The lowest BCUT2D eigenvalue weighted by molar-refractivity contribution is 0.600. The molecule has 0 aliphatic carbocycles. The first kappa shape index (κ1) is 18.8. The number of para-hydroxylation sites is 1. The second kappa shape index (κ2) is 7.74. The van der Waals surface area contributed by atoms with Crippen LogP contribution in [0.4, 0.5) is 5.69 Å². The van der Waals surface area contributed by atoms with Crippen LogP contribution < -0.4 is 4.72 Å². The van der Waals surface area contributed by atoms with Gasteiger partial charge in [-0.25, -0.2) is 8.42 Å². The lowest BCUT2D eigenvalue weighted by Crippen LogP contribution is -2.15. The largest absolute Gasteiger partial charge is 0.278 e. The highest BCUT2D eigenvalue weighted by molar-refractivity contribution is 7.99. The van der Waals surface area contributed by atoms with Crippen LogP contribution >= 0.6 is 23.4 Å². The third-order valence-corrected chi connectivity index (χ3v) is 6.65. The fraction of sp³-hybridized carbons (Fsp3) is 0.100. The monoisotopic (exact) mass is 403 g/mol. The van der Waals surface area contributed by atoms with Crippen LogP contribution in [-0.2, 0) is 10.0 Å². The van der Waals surface area contributed by atoms with Gasteiger partial charge in [-0.2, -0.15) is 0 Å². The second-order valence-electron chi connectivity index (χ2n) is 5.93. The molecule has 0 aliphatic rings. The number of hydrogen-bond donors (Lipinski definition) is 1. The van der Waals surface area contributed by atoms with E-state index in [1.165, 1.54) is 11.8 Å². The standard InChI is InChI=1S/C20H18ClNO2S2/c1-14-7-8-15(2)20(13-14)26(23,24)22-18-5-3-4-6-19(18)25-17-11-9-16(21)10-12-17/h3-13,22H,1-2H3. The van der Waals surface area contributed by atoms with Crippen LogP contribution in [0.2, 0.25) is 5.02 Å². The van der Waals surface area contributed by atoms with E-state index in [0.29, 0.717) is 21.2 Å². The fourth-order valence-corrected chi connectivity index (χ4v) is 4.97. The number of sulfonamides is 1. The van der Waals surface area contributed by atoms with Crippen LogP contribution in [-0.4, -0.2) is 8.42 Å². The van der Waals surface area contributed by atoms with Gasteiger partial charge < -0.3 is 0 Å². The van der Waals surface area contributed by atoms with E-state index >= 15 is 0 Å². The average Bonchev–Trinajstić information content (AvgIpc) is 2.60. The summed E-state index contributed by atoms with van der Waals surface area (Å²) in [5.41, 5.74) is 2.17. The Balaban J connectivity index is 1.92. The van der Waals surface area contributed by atoms with Gasteiger partial charge in [-0.1, -0.05) is 47.6 Å². The van der Waals surface area contributed by atoms with Gasteiger partial charge in [-0.05, 0) is 67.4 Å². The Bertz CT molecular complexity index is 1030. The van der Waals surface area contributed by atoms with Crippen molar-refractivity contribution in [2.24, 2.45) is 0 Å². The highest BCUT2D eigenvalue weighted by Gasteiger charge is 2.18. The topological polar surface area (TPSA) is 46.2 Å². The fourth-order valence-electron chi connectivity index (χ4n) is 2.47. The maximum Gasteiger partial charge on any atom is 0.262 e. The van der Waals surface area contributed by atoms with Crippen LogP contribution in [0, 0.1) is 13.8 Å². The molecule has 0 aromatic heterocycles. The smallest absolute Gasteiger partial charge is 0.262 e. The molecule has 0 unspecified atom stereocenters. The Morgan fingerprint density at radius 2 is 1.62 bits per heavy atom. The van der Waals surface area contributed by atoms with Crippen molar-refractivity contribution in [3.05, 3.63) is 82.9 Å². The number of anilines is 1. The molecule has 3 aromatic carbocycles. The summed E-state index contributed by atoms with van der Waals surface area (Å²) in [5.74, 6) is 0. The molecule has 0 heterocycles. The average molecular weight is 404 g/mol. The summed E-state index contributed by atoms with van der Waals surface area (Å²) in [7, 11) is -3.67. The molecule has 0 atom stereocenters. The molecule has 3 nitrogen and oxygen atoms in total. The summed E-state index contributed by atoms with van der Waals surface area (Å²) in [5, 5.41) is 0.665. The Kier molecular flexibility index (Phi) is 5.61. The Morgan fingerprint density at radius 1 is 0.923 bits per heavy atom. The summed E-state index contributed by atoms with van der Waals surface area (Å²) in [6, 6.07) is 20.2. The van der Waals surface area contributed by atoms with Crippen molar-refractivity contribution in [1.29, 1.82) is 0 Å². The second-order valence-corrected chi connectivity index (χ2v) is 9.13. The first-order valence-corrected chi connectivity index (χ1v) is 10.7. The molecule has 0 fully saturated rings. The van der Waals surface area contributed by atoms with Crippen LogP contribution in [0.1, 0.15) is 11.1 Å². The van der Waals surface area contributed by atoms with Crippen molar-refractivity contribution in [3.8, 4) is 0 Å². The van der Waals surface area contributed by atoms with Gasteiger partial charge in [-0.15, -0.1) is 0 Å². The molecule has 0 spiro atoms. The number of hydrogen-bond acceptors (Lipinski definition) is 3. The van der Waals surface area contributed by atoms with Gasteiger partial charge in [-0.3, -0.25) is 4.72 Å². The highest BCUT2D eigenvalue weighted by Crippen LogP contribution is 2.35. The number of rotatable bonds is 5. The van der Waals surface area contributed by atoms with E-state index in [-0.39, 0.29) is 0 Å². The predicted molar refractivity (Wildman–Crippen MR) is 109 cm³/mol. The van der Waals surface area contributed by atoms with E-state index in [0.717, 1.165) is 15.4 Å². The van der Waals surface area contributed by atoms with E-state index in [1.807, 2.05) is 61.5 Å². The van der Waals surface area contributed by atoms with E-state index in [9.17, 15) is 8.42 Å². The maximum atomic E-state index is 12.9. The number of halogens is 1. The van der Waals surface area contributed by atoms with E-state index in [1.54, 1.807) is 19.1 Å². The molecular weight excluding hydrogens is 386 g/mol. The molecule has 134 valence electrons. The lowest BCUT2D eigenvalue weighted by atomic mass is 10.2. The predicted octanol–water partition coefficient (Wildman–Crippen LogP) is 5.91. The molecule has 1 N–H and O–H groups in total. The van der Waals surface area contributed by atoms with E-state index < -0.39 is 10.0 Å². The van der Waals surface area contributed by atoms with Gasteiger partial charge >= 0.3 is 0 Å². The third kappa shape index (κ3) is 4.41.